The number of aliphatic hydroxyl groups excluding tert-OH is 1. The van der Waals surface area contributed by atoms with E-state index in [2.05, 4.69) is 0 Å². The predicted octanol–water partition coefficient (Wildman–Crippen LogP) is 2.64. The molecule has 0 aromatic heterocycles. The Hall–Kier alpha value is -1.03. The minimum atomic E-state index is -4.53. The normalized spacial score (nSPS) is 22.5. The van der Waals surface area contributed by atoms with Crippen molar-refractivity contribution in [1.29, 1.82) is 0 Å². The number of fused-ring (bicyclic) bond motifs is 1. The van der Waals surface area contributed by atoms with Gasteiger partial charge in [-0.15, -0.1) is 0 Å². The summed E-state index contributed by atoms with van der Waals surface area (Å²) in [6, 6.07) is 7.00. The summed E-state index contributed by atoms with van der Waals surface area (Å²) in [5, 5.41) is 9.21. The van der Waals surface area contributed by atoms with Gasteiger partial charge in [0, 0.05) is 5.92 Å². The van der Waals surface area contributed by atoms with Gasteiger partial charge in [-0.1, -0.05) is 24.3 Å². The second-order valence-electron chi connectivity index (χ2n) is 3.83. The van der Waals surface area contributed by atoms with Crippen LogP contribution >= 0.6 is 0 Å². The summed E-state index contributed by atoms with van der Waals surface area (Å²) in [5.74, 6) is -0.791. The standard InChI is InChI=1S/C11H11F3O/c12-11(13,14)10(15)9-6-5-7-3-1-2-4-8(7)9/h1-4,9-10,15H,5-6H2/t9?,10-/m1/s1. The molecule has 82 valence electrons. The van der Waals surface area contributed by atoms with E-state index in [1.54, 1.807) is 18.2 Å². The van der Waals surface area contributed by atoms with E-state index in [0.717, 1.165) is 5.56 Å². The van der Waals surface area contributed by atoms with E-state index in [0.29, 0.717) is 18.4 Å². The zero-order chi connectivity index (χ0) is 11.1. The first-order chi connectivity index (χ1) is 7.00. The molecule has 1 aromatic rings. The third-order valence-corrected chi connectivity index (χ3v) is 2.90. The molecule has 1 N–H and O–H groups in total. The van der Waals surface area contributed by atoms with Crippen molar-refractivity contribution in [2.75, 3.05) is 0 Å². The molecule has 2 atom stereocenters. The first-order valence-corrected chi connectivity index (χ1v) is 4.82. The van der Waals surface area contributed by atoms with Gasteiger partial charge in [0.05, 0.1) is 0 Å². The largest absolute Gasteiger partial charge is 0.414 e. The Morgan fingerprint density at radius 1 is 1.27 bits per heavy atom. The van der Waals surface area contributed by atoms with Crippen LogP contribution in [0.4, 0.5) is 13.2 Å². The highest BCUT2D eigenvalue weighted by molar-refractivity contribution is 5.35. The molecule has 0 heterocycles. The molecule has 0 saturated carbocycles. The van der Waals surface area contributed by atoms with Crippen LogP contribution in [0, 0.1) is 0 Å². The van der Waals surface area contributed by atoms with E-state index in [1.165, 1.54) is 0 Å². The van der Waals surface area contributed by atoms with Crippen molar-refractivity contribution < 1.29 is 18.3 Å². The lowest BCUT2D eigenvalue weighted by Gasteiger charge is -2.21. The third kappa shape index (κ3) is 1.86. The summed E-state index contributed by atoms with van der Waals surface area (Å²) in [7, 11) is 0. The number of rotatable bonds is 1. The van der Waals surface area contributed by atoms with E-state index in [1.807, 2.05) is 6.07 Å². The lowest BCUT2D eigenvalue weighted by molar-refractivity contribution is -0.210. The second kappa shape index (κ2) is 3.52. The molecule has 15 heavy (non-hydrogen) atoms. The maximum Gasteiger partial charge on any atom is 0.414 e. The van der Waals surface area contributed by atoms with Crippen LogP contribution in [0.5, 0.6) is 0 Å². The Morgan fingerprint density at radius 2 is 1.93 bits per heavy atom. The van der Waals surface area contributed by atoms with Crippen molar-refractivity contribution in [2.24, 2.45) is 0 Å². The van der Waals surface area contributed by atoms with Crippen molar-refractivity contribution in [2.45, 2.75) is 31.0 Å². The average Bonchev–Trinajstić information content (AvgIpc) is 2.58. The summed E-state index contributed by atoms with van der Waals surface area (Å²) in [6.07, 6.45) is -5.77. The predicted molar refractivity (Wildman–Crippen MR) is 49.6 cm³/mol. The Labute approximate surface area is 85.5 Å². The maximum absolute atomic E-state index is 12.3. The number of benzene rings is 1. The van der Waals surface area contributed by atoms with E-state index in [9.17, 15) is 18.3 Å². The highest BCUT2D eigenvalue weighted by Crippen LogP contribution is 2.40. The topological polar surface area (TPSA) is 20.2 Å². The fourth-order valence-corrected chi connectivity index (χ4v) is 2.15. The minimum absolute atomic E-state index is 0.375. The number of hydrogen-bond donors (Lipinski definition) is 1. The van der Waals surface area contributed by atoms with Crippen LogP contribution in [0.15, 0.2) is 24.3 Å². The number of halogens is 3. The number of hydrogen-bond acceptors (Lipinski definition) is 1. The molecular formula is C11H11F3O. The van der Waals surface area contributed by atoms with Gasteiger partial charge in [-0.05, 0) is 24.0 Å². The van der Waals surface area contributed by atoms with Gasteiger partial charge in [-0.3, -0.25) is 0 Å². The molecule has 0 radical (unpaired) electrons. The highest BCUT2D eigenvalue weighted by atomic mass is 19.4. The molecule has 1 nitrogen and oxygen atoms in total. The Morgan fingerprint density at radius 3 is 2.60 bits per heavy atom. The molecule has 1 aliphatic carbocycles. The molecule has 0 fully saturated rings. The molecule has 1 aliphatic rings. The monoisotopic (exact) mass is 216 g/mol. The van der Waals surface area contributed by atoms with Crippen LogP contribution < -0.4 is 0 Å². The van der Waals surface area contributed by atoms with Crippen molar-refractivity contribution >= 4 is 0 Å². The number of alkyl halides is 3. The van der Waals surface area contributed by atoms with Crippen molar-refractivity contribution in [3.8, 4) is 0 Å². The lowest BCUT2D eigenvalue weighted by atomic mass is 9.95. The zero-order valence-electron chi connectivity index (χ0n) is 7.96. The fraction of sp³-hybridized carbons (Fsp3) is 0.455. The van der Waals surface area contributed by atoms with Crippen LogP contribution in [0.3, 0.4) is 0 Å². The maximum atomic E-state index is 12.3. The van der Waals surface area contributed by atoms with Gasteiger partial charge in [0.15, 0.2) is 6.10 Å². The average molecular weight is 216 g/mol. The van der Waals surface area contributed by atoms with Crippen LogP contribution in [-0.2, 0) is 6.42 Å². The molecule has 0 spiro atoms. The smallest absolute Gasteiger partial charge is 0.383 e. The summed E-state index contributed by atoms with van der Waals surface area (Å²) in [4.78, 5) is 0. The summed E-state index contributed by atoms with van der Waals surface area (Å²) in [5.41, 5.74) is 1.56. The van der Waals surface area contributed by atoms with E-state index >= 15 is 0 Å². The van der Waals surface area contributed by atoms with Crippen LogP contribution in [-0.4, -0.2) is 17.4 Å². The lowest BCUT2D eigenvalue weighted by Crippen LogP contribution is -2.33. The number of aliphatic hydroxyl groups is 1. The van der Waals surface area contributed by atoms with Crippen LogP contribution in [0.2, 0.25) is 0 Å². The summed E-state index contributed by atoms with van der Waals surface area (Å²) in [6.45, 7) is 0. The Kier molecular flexibility index (Phi) is 2.46. The quantitative estimate of drug-likeness (QED) is 0.765. The van der Waals surface area contributed by atoms with Gasteiger partial charge in [0.25, 0.3) is 0 Å². The molecular weight excluding hydrogens is 205 g/mol. The fourth-order valence-electron chi connectivity index (χ4n) is 2.15. The molecule has 1 unspecified atom stereocenters. The van der Waals surface area contributed by atoms with E-state index in [4.69, 9.17) is 0 Å². The second-order valence-corrected chi connectivity index (χ2v) is 3.83. The van der Waals surface area contributed by atoms with Crippen LogP contribution in [0.25, 0.3) is 0 Å². The van der Waals surface area contributed by atoms with Gasteiger partial charge < -0.3 is 5.11 Å². The van der Waals surface area contributed by atoms with Crippen molar-refractivity contribution in [3.05, 3.63) is 35.4 Å². The molecule has 1 aromatic carbocycles. The van der Waals surface area contributed by atoms with Gasteiger partial charge in [0.1, 0.15) is 0 Å². The third-order valence-electron chi connectivity index (χ3n) is 2.90. The molecule has 0 saturated heterocycles. The van der Waals surface area contributed by atoms with E-state index in [-0.39, 0.29) is 0 Å². The van der Waals surface area contributed by atoms with Crippen LogP contribution in [0.1, 0.15) is 23.5 Å². The highest BCUT2D eigenvalue weighted by Gasteiger charge is 2.45. The first-order valence-electron chi connectivity index (χ1n) is 4.82. The van der Waals surface area contributed by atoms with E-state index < -0.39 is 18.2 Å². The zero-order valence-corrected chi connectivity index (χ0v) is 7.96. The molecule has 0 amide bonds. The Bertz CT molecular complexity index is 359. The van der Waals surface area contributed by atoms with Gasteiger partial charge in [0.2, 0.25) is 0 Å². The summed E-state index contributed by atoms with van der Waals surface area (Å²) >= 11 is 0. The number of aryl methyl sites for hydroxylation is 1. The Balaban J connectivity index is 2.28. The van der Waals surface area contributed by atoms with Crippen molar-refractivity contribution in [1.82, 2.24) is 0 Å². The molecule has 0 aliphatic heterocycles. The van der Waals surface area contributed by atoms with Gasteiger partial charge in [-0.25, -0.2) is 0 Å². The SMILES string of the molecule is O[C@H](C1CCc2ccccc21)C(F)(F)F. The minimum Gasteiger partial charge on any atom is -0.383 e. The van der Waals surface area contributed by atoms with Crippen molar-refractivity contribution in [3.63, 3.8) is 0 Å². The summed E-state index contributed by atoms with van der Waals surface area (Å²) < 4.78 is 37.0. The molecule has 2 rings (SSSR count). The molecule has 4 heteroatoms. The van der Waals surface area contributed by atoms with Gasteiger partial charge in [-0.2, -0.15) is 13.2 Å². The molecule has 0 bridgehead atoms. The van der Waals surface area contributed by atoms with Gasteiger partial charge >= 0.3 is 6.18 Å². The first kappa shape index (κ1) is 10.5.